The minimum Gasteiger partial charge on any atom is -0.316 e. The zero-order valence-electron chi connectivity index (χ0n) is 18.0. The van der Waals surface area contributed by atoms with Gasteiger partial charge in [-0.3, -0.25) is 10.1 Å². The van der Waals surface area contributed by atoms with Crippen molar-refractivity contribution in [1.82, 2.24) is 4.57 Å². The zero-order valence-corrected chi connectivity index (χ0v) is 18.8. The van der Waals surface area contributed by atoms with Crippen LogP contribution in [-0.2, 0) is 6.54 Å². The number of aromatic nitrogens is 1. The molecular weight excluding hydrogens is 406 g/mol. The molecule has 1 heterocycles. The van der Waals surface area contributed by atoms with E-state index in [2.05, 4.69) is 48.1 Å². The molecule has 3 aromatic rings. The van der Waals surface area contributed by atoms with Crippen molar-refractivity contribution >= 4 is 22.7 Å². The molecule has 0 unspecified atom stereocenters. The minimum atomic E-state index is -0.367. The van der Waals surface area contributed by atoms with E-state index in [-0.39, 0.29) is 10.6 Å². The Kier molecular flexibility index (Phi) is 6.47. The normalized spacial score (nSPS) is 14.5. The smallest absolute Gasteiger partial charge is 0.294 e. The molecule has 0 N–H and O–H groups in total. The Hall–Kier alpha value is -2.99. The Morgan fingerprint density at radius 2 is 1.97 bits per heavy atom. The Bertz CT molecular complexity index is 1200. The van der Waals surface area contributed by atoms with E-state index in [9.17, 15) is 10.1 Å². The molecule has 0 saturated heterocycles. The summed E-state index contributed by atoms with van der Waals surface area (Å²) in [5.74, 6) is 0. The van der Waals surface area contributed by atoms with E-state index in [0.29, 0.717) is 5.69 Å². The number of para-hydroxylation sites is 2. The van der Waals surface area contributed by atoms with Gasteiger partial charge in [-0.05, 0) is 74.8 Å². The lowest BCUT2D eigenvalue weighted by Crippen LogP contribution is -2.17. The standard InChI is InChI=1S/C25H27N3O2S/c1-18-12-13-21(16-19(18)2)24-17-31-25(26-22-10-6-7-11-23(22)28(29)30)27(24)15-14-20-8-4-3-5-9-20/h6-8,10-13,16-17H,3-5,9,14-15H2,1-2H3. The van der Waals surface area contributed by atoms with Crippen molar-refractivity contribution in [2.24, 2.45) is 4.99 Å². The van der Waals surface area contributed by atoms with Crippen molar-refractivity contribution in [1.29, 1.82) is 0 Å². The molecule has 1 aliphatic carbocycles. The average molecular weight is 434 g/mol. The second-order valence-corrected chi connectivity index (χ2v) is 8.91. The molecule has 4 rings (SSSR count). The van der Waals surface area contributed by atoms with Crippen LogP contribution in [0.25, 0.3) is 11.3 Å². The summed E-state index contributed by atoms with van der Waals surface area (Å²) in [5, 5.41) is 13.6. The molecule has 1 aliphatic rings. The third-order valence-corrected chi connectivity index (χ3v) is 6.80. The average Bonchev–Trinajstić information content (AvgIpc) is 3.17. The number of benzene rings is 2. The molecule has 0 radical (unpaired) electrons. The van der Waals surface area contributed by atoms with Gasteiger partial charge >= 0.3 is 0 Å². The van der Waals surface area contributed by atoms with E-state index in [4.69, 9.17) is 4.99 Å². The number of nitro benzene ring substituents is 1. The molecule has 31 heavy (non-hydrogen) atoms. The first-order chi connectivity index (χ1) is 15.0. The summed E-state index contributed by atoms with van der Waals surface area (Å²) in [6.45, 7) is 5.06. The number of thiazole rings is 1. The number of hydrogen-bond donors (Lipinski definition) is 0. The Balaban J connectivity index is 1.79. The Labute approximate surface area is 186 Å². The molecule has 1 aromatic heterocycles. The van der Waals surface area contributed by atoms with E-state index >= 15 is 0 Å². The molecule has 2 aromatic carbocycles. The molecule has 5 nitrogen and oxygen atoms in total. The van der Waals surface area contributed by atoms with Gasteiger partial charge in [-0.25, -0.2) is 4.99 Å². The highest BCUT2D eigenvalue weighted by Gasteiger charge is 2.14. The SMILES string of the molecule is Cc1ccc(-c2csc(=Nc3ccccc3[N+](=O)[O-])n2CCC2=CCCCC2)cc1C. The lowest BCUT2D eigenvalue weighted by molar-refractivity contribution is -0.384. The fraction of sp³-hybridized carbons (Fsp3) is 0.320. The maximum atomic E-state index is 11.5. The minimum absolute atomic E-state index is 0.0326. The van der Waals surface area contributed by atoms with Gasteiger partial charge in [0.1, 0.15) is 5.69 Å². The number of rotatable bonds is 6. The van der Waals surface area contributed by atoms with Crippen LogP contribution < -0.4 is 4.80 Å². The molecule has 6 heteroatoms. The van der Waals surface area contributed by atoms with Gasteiger partial charge in [0.2, 0.25) is 0 Å². The second-order valence-electron chi connectivity index (χ2n) is 8.07. The first-order valence-corrected chi connectivity index (χ1v) is 11.6. The van der Waals surface area contributed by atoms with Crippen molar-refractivity contribution in [2.75, 3.05) is 0 Å². The van der Waals surface area contributed by atoms with E-state index in [1.807, 2.05) is 0 Å². The van der Waals surface area contributed by atoms with Crippen molar-refractivity contribution in [3.63, 3.8) is 0 Å². The van der Waals surface area contributed by atoms with Crippen LogP contribution in [0, 0.1) is 24.0 Å². The molecule has 0 bridgehead atoms. The van der Waals surface area contributed by atoms with Crippen molar-refractivity contribution < 1.29 is 4.92 Å². The van der Waals surface area contributed by atoms with Crippen LogP contribution in [0.15, 0.2) is 64.5 Å². The molecule has 0 atom stereocenters. The van der Waals surface area contributed by atoms with Gasteiger partial charge in [-0.2, -0.15) is 0 Å². The van der Waals surface area contributed by atoms with Gasteiger partial charge in [0.25, 0.3) is 5.69 Å². The summed E-state index contributed by atoms with van der Waals surface area (Å²) in [7, 11) is 0. The van der Waals surface area contributed by atoms with Crippen LogP contribution in [-0.4, -0.2) is 9.49 Å². The monoisotopic (exact) mass is 433 g/mol. The molecule has 0 fully saturated rings. The highest BCUT2D eigenvalue weighted by Crippen LogP contribution is 2.28. The third-order valence-electron chi connectivity index (χ3n) is 5.94. The Morgan fingerprint density at radius 3 is 2.71 bits per heavy atom. The molecule has 0 spiro atoms. The summed E-state index contributed by atoms with van der Waals surface area (Å²) in [4.78, 5) is 16.6. The first kappa shape index (κ1) is 21.2. The zero-order chi connectivity index (χ0) is 21.8. The molecular formula is C25H27N3O2S. The summed E-state index contributed by atoms with van der Waals surface area (Å²) >= 11 is 1.54. The van der Waals surface area contributed by atoms with Crippen molar-refractivity contribution in [3.8, 4) is 11.3 Å². The van der Waals surface area contributed by atoms with Crippen molar-refractivity contribution in [3.05, 3.63) is 85.5 Å². The first-order valence-electron chi connectivity index (χ1n) is 10.7. The van der Waals surface area contributed by atoms with Crippen LogP contribution in [0.5, 0.6) is 0 Å². The second kappa shape index (κ2) is 9.43. The van der Waals surface area contributed by atoms with E-state index in [1.165, 1.54) is 59.8 Å². The van der Waals surface area contributed by atoms with E-state index < -0.39 is 0 Å². The highest BCUT2D eigenvalue weighted by atomic mass is 32.1. The lowest BCUT2D eigenvalue weighted by Gasteiger charge is -2.15. The maximum absolute atomic E-state index is 11.5. The predicted molar refractivity (Wildman–Crippen MR) is 127 cm³/mol. The number of nitrogens with zero attached hydrogens (tertiary/aromatic N) is 3. The number of nitro groups is 1. The van der Waals surface area contributed by atoms with E-state index in [0.717, 1.165) is 29.0 Å². The molecule has 0 amide bonds. The third kappa shape index (κ3) is 4.85. The van der Waals surface area contributed by atoms with E-state index in [1.54, 1.807) is 18.2 Å². The fourth-order valence-electron chi connectivity index (χ4n) is 3.97. The van der Waals surface area contributed by atoms with Gasteiger partial charge < -0.3 is 4.57 Å². The largest absolute Gasteiger partial charge is 0.316 e. The van der Waals surface area contributed by atoms with Crippen LogP contribution in [0.3, 0.4) is 0 Å². The lowest BCUT2D eigenvalue weighted by atomic mass is 9.97. The highest BCUT2D eigenvalue weighted by molar-refractivity contribution is 7.07. The molecule has 0 aliphatic heterocycles. The molecule has 160 valence electrons. The summed E-state index contributed by atoms with van der Waals surface area (Å²) in [6.07, 6.45) is 8.24. The fourth-order valence-corrected chi connectivity index (χ4v) is 4.92. The van der Waals surface area contributed by atoms with Crippen LogP contribution in [0.4, 0.5) is 11.4 Å². The predicted octanol–water partition coefficient (Wildman–Crippen LogP) is 6.86. The molecule has 0 saturated carbocycles. The summed E-state index contributed by atoms with van der Waals surface area (Å²) in [5.41, 5.74) is 6.72. The topological polar surface area (TPSA) is 60.4 Å². The number of aryl methyl sites for hydroxylation is 2. The van der Waals surface area contributed by atoms with Gasteiger partial charge in [-0.1, -0.05) is 35.9 Å². The van der Waals surface area contributed by atoms with Gasteiger partial charge in [-0.15, -0.1) is 11.3 Å². The summed E-state index contributed by atoms with van der Waals surface area (Å²) < 4.78 is 2.22. The number of hydrogen-bond acceptors (Lipinski definition) is 4. The van der Waals surface area contributed by atoms with Gasteiger partial charge in [0.15, 0.2) is 4.80 Å². The van der Waals surface area contributed by atoms with Gasteiger partial charge in [0.05, 0.1) is 10.6 Å². The number of allylic oxidation sites excluding steroid dienone is 2. The quantitative estimate of drug-likeness (QED) is 0.242. The van der Waals surface area contributed by atoms with Crippen molar-refractivity contribution in [2.45, 2.75) is 52.5 Å². The van der Waals surface area contributed by atoms with Crippen LogP contribution in [0.2, 0.25) is 0 Å². The van der Waals surface area contributed by atoms with Crippen LogP contribution >= 0.6 is 11.3 Å². The van der Waals surface area contributed by atoms with Gasteiger partial charge in [0, 0.05) is 18.0 Å². The summed E-state index contributed by atoms with van der Waals surface area (Å²) in [6, 6.07) is 13.2. The van der Waals surface area contributed by atoms with Crippen LogP contribution in [0.1, 0.15) is 43.2 Å². The Morgan fingerprint density at radius 1 is 1.13 bits per heavy atom. The maximum Gasteiger partial charge on any atom is 0.294 e.